The predicted molar refractivity (Wildman–Crippen MR) is 78.8 cm³/mol. The van der Waals surface area contributed by atoms with Crippen LogP contribution in [0.2, 0.25) is 0 Å². The summed E-state index contributed by atoms with van der Waals surface area (Å²) in [7, 11) is 0. The lowest BCUT2D eigenvalue weighted by molar-refractivity contribution is 0.0620. The molecule has 0 spiro atoms. The highest BCUT2D eigenvalue weighted by Crippen LogP contribution is 2.27. The molecule has 5 nitrogen and oxygen atoms in total. The lowest BCUT2D eigenvalue weighted by atomic mass is 9.84. The van der Waals surface area contributed by atoms with Crippen molar-refractivity contribution < 1.29 is 4.79 Å². The Bertz CT molecular complexity index is 483. The van der Waals surface area contributed by atoms with Crippen LogP contribution in [0.15, 0.2) is 18.3 Å². The molecular weight excluding hydrogens is 252 g/mol. The molecule has 108 valence electrons. The molecule has 1 unspecified atom stereocenters. The molecule has 4 rings (SSSR count). The smallest absolute Gasteiger partial charge is 0.251 e. The van der Waals surface area contributed by atoms with Crippen molar-refractivity contribution in [2.45, 2.75) is 25.8 Å². The normalized spacial score (nSPS) is 28.1. The van der Waals surface area contributed by atoms with E-state index in [1.807, 2.05) is 13.0 Å². The Morgan fingerprint density at radius 2 is 2.25 bits per heavy atom. The van der Waals surface area contributed by atoms with Crippen LogP contribution in [-0.4, -0.2) is 48.0 Å². The van der Waals surface area contributed by atoms with Gasteiger partial charge >= 0.3 is 0 Å². The summed E-state index contributed by atoms with van der Waals surface area (Å²) in [5.74, 6) is 1.43. The second-order valence-electron chi connectivity index (χ2n) is 5.68. The van der Waals surface area contributed by atoms with Gasteiger partial charge in [-0.05, 0) is 50.9 Å². The van der Waals surface area contributed by atoms with Crippen LogP contribution in [0, 0.1) is 5.92 Å². The molecule has 3 saturated heterocycles. The molecular formula is C15H22N4O. The average Bonchev–Trinajstić information content (AvgIpc) is 2.49. The molecule has 1 atom stereocenters. The van der Waals surface area contributed by atoms with Gasteiger partial charge in [0, 0.05) is 30.9 Å². The molecule has 1 aromatic heterocycles. The molecule has 0 saturated carbocycles. The Hall–Kier alpha value is -1.62. The monoisotopic (exact) mass is 274 g/mol. The summed E-state index contributed by atoms with van der Waals surface area (Å²) >= 11 is 0. The summed E-state index contributed by atoms with van der Waals surface area (Å²) in [6.45, 7) is 6.20. The average molecular weight is 274 g/mol. The molecule has 2 N–H and O–H groups in total. The van der Waals surface area contributed by atoms with E-state index in [-0.39, 0.29) is 5.91 Å². The number of carbonyl (C=O) groups excluding carboxylic acids is 1. The molecule has 1 aromatic rings. The number of rotatable bonds is 4. The molecule has 1 amide bonds. The molecule has 3 fully saturated rings. The second-order valence-corrected chi connectivity index (χ2v) is 5.68. The molecule has 3 aliphatic heterocycles. The maximum Gasteiger partial charge on any atom is 0.251 e. The van der Waals surface area contributed by atoms with E-state index in [4.69, 9.17) is 0 Å². The van der Waals surface area contributed by atoms with Gasteiger partial charge in [-0.1, -0.05) is 0 Å². The van der Waals surface area contributed by atoms with Gasteiger partial charge in [0.2, 0.25) is 0 Å². The quantitative estimate of drug-likeness (QED) is 0.870. The Morgan fingerprint density at radius 3 is 2.90 bits per heavy atom. The van der Waals surface area contributed by atoms with Gasteiger partial charge in [-0.2, -0.15) is 0 Å². The fourth-order valence-corrected chi connectivity index (χ4v) is 3.23. The fraction of sp³-hybridized carbons (Fsp3) is 0.600. The van der Waals surface area contributed by atoms with E-state index in [1.54, 1.807) is 12.3 Å². The molecule has 4 heterocycles. The van der Waals surface area contributed by atoms with Crippen molar-refractivity contribution in [3.05, 3.63) is 23.9 Å². The third kappa shape index (κ3) is 2.77. The highest BCUT2D eigenvalue weighted by atomic mass is 16.1. The third-order valence-electron chi connectivity index (χ3n) is 4.35. The number of pyridine rings is 1. The molecule has 2 bridgehead atoms. The molecule has 20 heavy (non-hydrogen) atoms. The number of hydrogen-bond acceptors (Lipinski definition) is 4. The lowest BCUT2D eigenvalue weighted by Gasteiger charge is -2.44. The topological polar surface area (TPSA) is 57.3 Å². The van der Waals surface area contributed by atoms with Gasteiger partial charge in [-0.25, -0.2) is 4.98 Å². The summed E-state index contributed by atoms with van der Waals surface area (Å²) in [6.07, 6.45) is 4.11. The van der Waals surface area contributed by atoms with E-state index >= 15 is 0 Å². The number of fused-ring (bicyclic) bond motifs is 3. The highest BCUT2D eigenvalue weighted by molar-refractivity contribution is 5.95. The summed E-state index contributed by atoms with van der Waals surface area (Å²) in [4.78, 5) is 19.0. The first-order chi connectivity index (χ1) is 9.76. The SMILES string of the molecule is CCNc1cc(C(=O)NC2CN3CCC2CC3)ccn1. The Kier molecular flexibility index (Phi) is 3.87. The zero-order valence-corrected chi connectivity index (χ0v) is 11.9. The van der Waals surface area contributed by atoms with Crippen LogP contribution >= 0.6 is 0 Å². The standard InChI is InChI=1S/C15H22N4O/c1-2-16-14-9-12(3-6-17-14)15(20)18-13-10-19-7-4-11(13)5-8-19/h3,6,9,11,13H,2,4-5,7-8,10H2,1H3,(H,16,17)(H,18,20). The molecule has 0 radical (unpaired) electrons. The minimum Gasteiger partial charge on any atom is -0.370 e. The largest absolute Gasteiger partial charge is 0.370 e. The van der Waals surface area contributed by atoms with E-state index in [0.717, 1.165) is 18.9 Å². The third-order valence-corrected chi connectivity index (χ3v) is 4.35. The molecule has 5 heteroatoms. The Labute approximate surface area is 119 Å². The van der Waals surface area contributed by atoms with E-state index in [1.165, 1.54) is 25.9 Å². The number of anilines is 1. The molecule has 3 aliphatic rings. The number of piperidine rings is 3. The van der Waals surface area contributed by atoms with Gasteiger partial charge in [-0.3, -0.25) is 4.79 Å². The lowest BCUT2D eigenvalue weighted by Crippen LogP contribution is -2.57. The summed E-state index contributed by atoms with van der Waals surface area (Å²) < 4.78 is 0. The van der Waals surface area contributed by atoms with Crippen molar-refractivity contribution in [3.8, 4) is 0 Å². The number of aromatic nitrogens is 1. The summed E-state index contributed by atoms with van der Waals surface area (Å²) in [5.41, 5.74) is 0.687. The van der Waals surface area contributed by atoms with Crippen LogP contribution in [0.25, 0.3) is 0 Å². The summed E-state index contributed by atoms with van der Waals surface area (Å²) in [5, 5.41) is 6.33. The van der Waals surface area contributed by atoms with Gasteiger partial charge in [0.25, 0.3) is 5.91 Å². The minimum absolute atomic E-state index is 0.0188. The van der Waals surface area contributed by atoms with Crippen LogP contribution in [0.5, 0.6) is 0 Å². The van der Waals surface area contributed by atoms with Crippen LogP contribution < -0.4 is 10.6 Å². The first-order valence-electron chi connectivity index (χ1n) is 7.49. The number of carbonyl (C=O) groups is 1. The molecule has 0 aromatic carbocycles. The van der Waals surface area contributed by atoms with E-state index in [0.29, 0.717) is 17.5 Å². The first kappa shape index (κ1) is 13.4. The van der Waals surface area contributed by atoms with Crippen molar-refractivity contribution in [1.29, 1.82) is 0 Å². The number of nitrogens with one attached hydrogen (secondary N) is 2. The Balaban J connectivity index is 1.65. The van der Waals surface area contributed by atoms with Crippen LogP contribution in [0.3, 0.4) is 0 Å². The zero-order valence-electron chi connectivity index (χ0n) is 11.9. The van der Waals surface area contributed by atoms with Gasteiger partial charge in [0.1, 0.15) is 5.82 Å². The van der Waals surface area contributed by atoms with Crippen molar-refractivity contribution in [1.82, 2.24) is 15.2 Å². The van der Waals surface area contributed by atoms with Crippen LogP contribution in [0.1, 0.15) is 30.1 Å². The zero-order chi connectivity index (χ0) is 13.9. The number of hydrogen-bond donors (Lipinski definition) is 2. The van der Waals surface area contributed by atoms with Gasteiger partial charge in [0.15, 0.2) is 0 Å². The van der Waals surface area contributed by atoms with E-state index in [2.05, 4.69) is 20.5 Å². The maximum absolute atomic E-state index is 12.4. The highest BCUT2D eigenvalue weighted by Gasteiger charge is 2.34. The van der Waals surface area contributed by atoms with Gasteiger partial charge < -0.3 is 15.5 Å². The van der Waals surface area contributed by atoms with E-state index < -0.39 is 0 Å². The minimum atomic E-state index is 0.0188. The number of amides is 1. The van der Waals surface area contributed by atoms with Crippen molar-refractivity contribution in [3.63, 3.8) is 0 Å². The maximum atomic E-state index is 12.4. The van der Waals surface area contributed by atoms with E-state index in [9.17, 15) is 4.79 Å². The van der Waals surface area contributed by atoms with Crippen LogP contribution in [0.4, 0.5) is 5.82 Å². The van der Waals surface area contributed by atoms with Crippen molar-refractivity contribution in [2.75, 3.05) is 31.5 Å². The Morgan fingerprint density at radius 1 is 1.45 bits per heavy atom. The number of nitrogens with zero attached hydrogens (tertiary/aromatic N) is 2. The fourth-order valence-electron chi connectivity index (χ4n) is 3.23. The van der Waals surface area contributed by atoms with Gasteiger partial charge in [0.05, 0.1) is 0 Å². The van der Waals surface area contributed by atoms with Crippen molar-refractivity contribution >= 4 is 11.7 Å². The first-order valence-corrected chi connectivity index (χ1v) is 7.49. The second kappa shape index (κ2) is 5.79. The molecule has 0 aliphatic carbocycles. The predicted octanol–water partition coefficient (Wildman–Crippen LogP) is 1.34. The van der Waals surface area contributed by atoms with Crippen LogP contribution in [-0.2, 0) is 0 Å². The van der Waals surface area contributed by atoms with Crippen molar-refractivity contribution in [2.24, 2.45) is 5.92 Å². The summed E-state index contributed by atoms with van der Waals surface area (Å²) in [6, 6.07) is 3.90. The van der Waals surface area contributed by atoms with Gasteiger partial charge in [-0.15, -0.1) is 0 Å².